The molecule has 0 saturated carbocycles. The summed E-state index contributed by atoms with van der Waals surface area (Å²) in [5.74, 6) is 0.0308. The van der Waals surface area contributed by atoms with Crippen molar-refractivity contribution in [2.45, 2.75) is 33.4 Å². The number of halogens is 1. The summed E-state index contributed by atoms with van der Waals surface area (Å²) < 4.78 is 0. The van der Waals surface area contributed by atoms with Crippen LogP contribution in [0.1, 0.15) is 26.3 Å². The van der Waals surface area contributed by atoms with Gasteiger partial charge in [-0.1, -0.05) is 23.3 Å². The van der Waals surface area contributed by atoms with Crippen LogP contribution in [-0.2, 0) is 11.3 Å². The van der Waals surface area contributed by atoms with E-state index in [0.29, 0.717) is 5.02 Å². The van der Waals surface area contributed by atoms with E-state index >= 15 is 0 Å². The molecule has 0 fully saturated rings. The van der Waals surface area contributed by atoms with Crippen LogP contribution in [0, 0.1) is 0 Å². The SMILES string of the molecule is CC(C)=CCN1Cc2cc(Cl)ccc2NC(=O)[C@@H]1C. The maximum atomic E-state index is 12.1. The van der Waals surface area contributed by atoms with Gasteiger partial charge in [0, 0.05) is 23.8 Å². The average molecular weight is 279 g/mol. The van der Waals surface area contributed by atoms with Gasteiger partial charge in [-0.2, -0.15) is 0 Å². The molecule has 0 bridgehead atoms. The number of allylic oxidation sites excluding steroid dienone is 1. The number of fused-ring (bicyclic) bond motifs is 1. The lowest BCUT2D eigenvalue weighted by Crippen LogP contribution is -2.39. The zero-order chi connectivity index (χ0) is 14.0. The summed E-state index contributed by atoms with van der Waals surface area (Å²) in [6.07, 6.45) is 2.14. The van der Waals surface area contributed by atoms with Gasteiger partial charge in [0.05, 0.1) is 6.04 Å². The second-order valence-corrected chi connectivity index (χ2v) is 5.61. The van der Waals surface area contributed by atoms with Crippen LogP contribution in [0.25, 0.3) is 0 Å². The summed E-state index contributed by atoms with van der Waals surface area (Å²) in [5, 5.41) is 3.66. The molecule has 102 valence electrons. The molecule has 0 saturated heterocycles. The number of amides is 1. The van der Waals surface area contributed by atoms with E-state index in [0.717, 1.165) is 24.3 Å². The van der Waals surface area contributed by atoms with E-state index in [9.17, 15) is 4.79 Å². The van der Waals surface area contributed by atoms with E-state index < -0.39 is 0 Å². The minimum atomic E-state index is -0.151. The molecule has 1 amide bonds. The zero-order valence-corrected chi connectivity index (χ0v) is 12.3. The number of carbonyl (C=O) groups excluding carboxylic acids is 1. The van der Waals surface area contributed by atoms with Gasteiger partial charge in [0.2, 0.25) is 5.91 Å². The maximum Gasteiger partial charge on any atom is 0.241 e. The first-order valence-electron chi connectivity index (χ1n) is 6.44. The standard InChI is InChI=1S/C15H19ClN2O/c1-10(2)6-7-18-9-12-8-13(16)4-5-14(12)17-15(19)11(18)3/h4-6,8,11H,7,9H2,1-3H3,(H,17,19)/t11-/m0/s1. The van der Waals surface area contributed by atoms with Crippen molar-refractivity contribution in [3.05, 3.63) is 40.4 Å². The van der Waals surface area contributed by atoms with Crippen molar-refractivity contribution < 1.29 is 4.79 Å². The number of nitrogens with zero attached hydrogens (tertiary/aromatic N) is 1. The minimum absolute atomic E-state index is 0.0308. The summed E-state index contributed by atoms with van der Waals surface area (Å²) in [6.45, 7) is 7.55. The molecule has 0 unspecified atom stereocenters. The monoisotopic (exact) mass is 278 g/mol. The molecule has 0 aromatic heterocycles. The van der Waals surface area contributed by atoms with Gasteiger partial charge < -0.3 is 5.32 Å². The first kappa shape index (κ1) is 14.1. The van der Waals surface area contributed by atoms with E-state index in [1.165, 1.54) is 5.57 Å². The topological polar surface area (TPSA) is 32.3 Å². The summed E-state index contributed by atoms with van der Waals surface area (Å²) in [7, 11) is 0. The van der Waals surface area contributed by atoms with Crippen molar-refractivity contribution in [1.82, 2.24) is 4.90 Å². The molecule has 0 aliphatic carbocycles. The Hall–Kier alpha value is -1.32. The molecule has 2 rings (SSSR count). The number of benzene rings is 1. The second kappa shape index (κ2) is 5.76. The Morgan fingerprint density at radius 3 is 2.95 bits per heavy atom. The van der Waals surface area contributed by atoms with Gasteiger partial charge in [0.25, 0.3) is 0 Å². The Kier molecular flexibility index (Phi) is 4.27. The Bertz CT molecular complexity index is 521. The third kappa shape index (κ3) is 3.37. The highest BCUT2D eigenvalue weighted by atomic mass is 35.5. The molecule has 4 heteroatoms. The highest BCUT2D eigenvalue weighted by Gasteiger charge is 2.25. The molecule has 0 radical (unpaired) electrons. The van der Waals surface area contributed by atoms with Gasteiger partial charge >= 0.3 is 0 Å². The average Bonchev–Trinajstić information content (AvgIpc) is 2.46. The van der Waals surface area contributed by atoms with Crippen LogP contribution in [-0.4, -0.2) is 23.4 Å². The van der Waals surface area contributed by atoms with Crippen LogP contribution in [0.3, 0.4) is 0 Å². The summed E-state index contributed by atoms with van der Waals surface area (Å²) in [6, 6.07) is 5.44. The number of rotatable bonds is 2. The van der Waals surface area contributed by atoms with Crippen LogP contribution in [0.15, 0.2) is 29.8 Å². The molecule has 3 nitrogen and oxygen atoms in total. The highest BCUT2D eigenvalue weighted by Crippen LogP contribution is 2.26. The van der Waals surface area contributed by atoms with Gasteiger partial charge in [-0.15, -0.1) is 0 Å². The van der Waals surface area contributed by atoms with E-state index in [-0.39, 0.29) is 11.9 Å². The van der Waals surface area contributed by atoms with Gasteiger partial charge in [0.1, 0.15) is 0 Å². The largest absolute Gasteiger partial charge is 0.324 e. The molecule has 1 aromatic rings. The van der Waals surface area contributed by atoms with Gasteiger partial charge in [-0.05, 0) is 44.5 Å². The zero-order valence-electron chi connectivity index (χ0n) is 11.5. The summed E-state index contributed by atoms with van der Waals surface area (Å²) >= 11 is 6.03. The maximum absolute atomic E-state index is 12.1. The van der Waals surface area contributed by atoms with E-state index in [1.54, 1.807) is 6.07 Å². The van der Waals surface area contributed by atoms with Gasteiger partial charge in [-0.25, -0.2) is 0 Å². The quantitative estimate of drug-likeness (QED) is 0.841. The van der Waals surface area contributed by atoms with Crippen molar-refractivity contribution in [1.29, 1.82) is 0 Å². The summed E-state index contributed by atoms with van der Waals surface area (Å²) in [5.41, 5.74) is 3.18. The molecule has 0 spiro atoms. The van der Waals surface area contributed by atoms with E-state index in [4.69, 9.17) is 11.6 Å². The summed E-state index contributed by atoms with van der Waals surface area (Å²) in [4.78, 5) is 14.3. The van der Waals surface area contributed by atoms with E-state index in [1.807, 2.05) is 19.1 Å². The second-order valence-electron chi connectivity index (χ2n) is 5.18. The Balaban J connectivity index is 2.30. The third-order valence-corrected chi connectivity index (χ3v) is 3.59. The number of carbonyl (C=O) groups is 1. The fourth-order valence-corrected chi connectivity index (χ4v) is 2.29. The van der Waals surface area contributed by atoms with Crippen LogP contribution < -0.4 is 5.32 Å². The molecule has 1 atom stereocenters. The molecular formula is C15H19ClN2O. The molecule has 19 heavy (non-hydrogen) atoms. The smallest absolute Gasteiger partial charge is 0.241 e. The van der Waals surface area contributed by atoms with Crippen molar-refractivity contribution in [3.63, 3.8) is 0 Å². The lowest BCUT2D eigenvalue weighted by Gasteiger charge is -2.24. The molecule has 1 heterocycles. The molecule has 1 aliphatic rings. The van der Waals surface area contributed by atoms with Crippen molar-refractivity contribution in [2.75, 3.05) is 11.9 Å². The van der Waals surface area contributed by atoms with Crippen LogP contribution >= 0.6 is 11.6 Å². The normalized spacial score (nSPS) is 19.4. The molecular weight excluding hydrogens is 260 g/mol. The fourth-order valence-electron chi connectivity index (χ4n) is 2.10. The predicted molar refractivity (Wildman–Crippen MR) is 79.4 cm³/mol. The first-order valence-corrected chi connectivity index (χ1v) is 6.82. The molecule has 1 aliphatic heterocycles. The minimum Gasteiger partial charge on any atom is -0.324 e. The highest BCUT2D eigenvalue weighted by molar-refractivity contribution is 6.30. The van der Waals surface area contributed by atoms with E-state index in [2.05, 4.69) is 30.1 Å². The Morgan fingerprint density at radius 2 is 2.26 bits per heavy atom. The predicted octanol–water partition coefficient (Wildman–Crippen LogP) is 3.45. The third-order valence-electron chi connectivity index (χ3n) is 3.36. The van der Waals surface area contributed by atoms with Crippen LogP contribution in [0.5, 0.6) is 0 Å². The number of nitrogens with one attached hydrogen (secondary N) is 1. The number of hydrogen-bond donors (Lipinski definition) is 1. The van der Waals surface area contributed by atoms with Crippen LogP contribution in [0.2, 0.25) is 5.02 Å². The number of anilines is 1. The van der Waals surface area contributed by atoms with Crippen molar-refractivity contribution >= 4 is 23.2 Å². The van der Waals surface area contributed by atoms with Crippen LogP contribution in [0.4, 0.5) is 5.69 Å². The Morgan fingerprint density at radius 1 is 1.53 bits per heavy atom. The van der Waals surface area contributed by atoms with Crippen molar-refractivity contribution in [2.24, 2.45) is 0 Å². The lowest BCUT2D eigenvalue weighted by atomic mass is 10.1. The molecule has 1 aromatic carbocycles. The van der Waals surface area contributed by atoms with Gasteiger partial charge in [0.15, 0.2) is 0 Å². The Labute approximate surface area is 119 Å². The lowest BCUT2D eigenvalue weighted by molar-refractivity contribution is -0.120. The van der Waals surface area contributed by atoms with Crippen molar-refractivity contribution in [3.8, 4) is 0 Å². The first-order chi connectivity index (χ1) is 8.97. The molecule has 1 N–H and O–H groups in total. The number of hydrogen-bond acceptors (Lipinski definition) is 2. The fraction of sp³-hybridized carbons (Fsp3) is 0.400. The van der Waals surface area contributed by atoms with Gasteiger partial charge in [-0.3, -0.25) is 9.69 Å².